The number of hydrogen-bond acceptors (Lipinski definition) is 4. The van der Waals surface area contributed by atoms with Crippen molar-refractivity contribution in [3.8, 4) is 0 Å². The van der Waals surface area contributed by atoms with Crippen LogP contribution in [-0.4, -0.2) is 28.8 Å². The summed E-state index contributed by atoms with van der Waals surface area (Å²) in [4.78, 5) is 3.96. The highest BCUT2D eigenvalue weighted by Gasteiger charge is 2.21. The highest BCUT2D eigenvalue weighted by Crippen LogP contribution is 2.18. The van der Waals surface area contributed by atoms with E-state index in [-0.39, 0.29) is 11.5 Å². The highest BCUT2D eigenvalue weighted by molar-refractivity contribution is 7.90. The predicted octanol–water partition coefficient (Wildman–Crippen LogP) is 2.03. The molecule has 114 valence electrons. The Morgan fingerprint density at radius 1 is 1.33 bits per heavy atom. The van der Waals surface area contributed by atoms with Gasteiger partial charge >= 0.3 is 0 Å². The number of nitrogens with zero attached hydrogens (tertiary/aromatic N) is 2. The monoisotopic (exact) mass is 328 g/mol. The topological polar surface area (TPSA) is 72.2 Å². The zero-order valence-electron chi connectivity index (χ0n) is 11.8. The molecular formula is C14H17ClN2O3S. The summed E-state index contributed by atoms with van der Waals surface area (Å²) in [6.45, 7) is 1.93. The van der Waals surface area contributed by atoms with Crippen LogP contribution in [0.1, 0.15) is 23.1 Å². The molecule has 0 bridgehead atoms. The molecule has 1 heterocycles. The third kappa shape index (κ3) is 4.06. The summed E-state index contributed by atoms with van der Waals surface area (Å²) in [5.41, 5.74) is 1.64. The van der Waals surface area contributed by atoms with Crippen LogP contribution in [0.15, 0.2) is 30.5 Å². The second-order valence-corrected chi connectivity index (χ2v) is 7.53. The molecule has 5 nitrogen and oxygen atoms in total. The third-order valence-electron chi connectivity index (χ3n) is 3.25. The third-order valence-corrected chi connectivity index (χ3v) is 5.12. The number of aliphatic hydroxyl groups excluding tert-OH is 1. The molecule has 1 atom stereocenters. The first kappa shape index (κ1) is 16.0. The molecule has 2 rings (SSSR count). The van der Waals surface area contributed by atoms with E-state index in [9.17, 15) is 13.5 Å². The molecule has 21 heavy (non-hydrogen) atoms. The molecular weight excluding hydrogens is 312 g/mol. The Morgan fingerprint density at radius 3 is 2.48 bits per heavy atom. The molecule has 0 aliphatic heterocycles. The normalized spacial score (nSPS) is 13.3. The number of aliphatic hydroxyl groups is 1. The van der Waals surface area contributed by atoms with Gasteiger partial charge in [0.05, 0.1) is 18.1 Å². The Labute approximate surface area is 129 Å². The number of halogens is 1. The zero-order chi connectivity index (χ0) is 15.6. The minimum absolute atomic E-state index is 0.251. The van der Waals surface area contributed by atoms with Crippen LogP contribution in [0.4, 0.5) is 0 Å². The summed E-state index contributed by atoms with van der Waals surface area (Å²) in [5.74, 6) is -0.240. The van der Waals surface area contributed by atoms with Gasteiger partial charge in [-0.1, -0.05) is 41.4 Å². The van der Waals surface area contributed by atoms with Crippen molar-refractivity contribution in [2.75, 3.05) is 5.75 Å². The molecule has 1 unspecified atom stereocenters. The van der Waals surface area contributed by atoms with E-state index < -0.39 is 15.9 Å². The lowest BCUT2D eigenvalue weighted by atomic mass is 10.1. The Kier molecular flexibility index (Phi) is 4.70. The molecule has 2 aromatic rings. The fraction of sp³-hybridized carbons (Fsp3) is 0.357. The lowest BCUT2D eigenvalue weighted by Gasteiger charge is -2.12. The molecule has 1 N–H and O–H groups in total. The molecule has 7 heteroatoms. The van der Waals surface area contributed by atoms with Gasteiger partial charge in [0.15, 0.2) is 9.84 Å². The lowest BCUT2D eigenvalue weighted by molar-refractivity contribution is 0.201. The van der Waals surface area contributed by atoms with E-state index in [2.05, 4.69) is 4.98 Å². The minimum atomic E-state index is -3.49. The van der Waals surface area contributed by atoms with Crippen LogP contribution >= 0.6 is 11.6 Å². The zero-order valence-corrected chi connectivity index (χ0v) is 13.4. The van der Waals surface area contributed by atoms with Gasteiger partial charge < -0.3 is 9.67 Å². The minimum Gasteiger partial charge on any atom is -0.387 e. The molecule has 0 saturated carbocycles. The molecule has 1 aromatic carbocycles. The largest absolute Gasteiger partial charge is 0.387 e. The molecule has 0 aliphatic carbocycles. The number of rotatable bonds is 5. The van der Waals surface area contributed by atoms with E-state index in [0.29, 0.717) is 16.5 Å². The molecule has 0 saturated heterocycles. The molecule has 0 aliphatic rings. The van der Waals surface area contributed by atoms with Gasteiger partial charge in [0, 0.05) is 7.05 Å². The Morgan fingerprint density at radius 2 is 1.95 bits per heavy atom. The van der Waals surface area contributed by atoms with Crippen LogP contribution in [-0.2, 0) is 22.6 Å². The van der Waals surface area contributed by atoms with Gasteiger partial charge in [-0.05, 0) is 12.5 Å². The van der Waals surface area contributed by atoms with Crippen molar-refractivity contribution >= 4 is 21.4 Å². The van der Waals surface area contributed by atoms with Gasteiger partial charge in [-0.25, -0.2) is 13.4 Å². The average Bonchev–Trinajstić information content (AvgIpc) is 2.70. The predicted molar refractivity (Wildman–Crippen MR) is 81.8 cm³/mol. The first-order valence-electron chi connectivity index (χ1n) is 6.39. The second kappa shape index (κ2) is 6.17. The van der Waals surface area contributed by atoms with E-state index in [1.165, 1.54) is 10.8 Å². The van der Waals surface area contributed by atoms with Crippen LogP contribution in [0, 0.1) is 6.92 Å². The lowest BCUT2D eigenvalue weighted by Crippen LogP contribution is -2.18. The molecule has 0 spiro atoms. The fourth-order valence-electron chi connectivity index (χ4n) is 1.94. The van der Waals surface area contributed by atoms with Gasteiger partial charge in [0.2, 0.25) is 0 Å². The van der Waals surface area contributed by atoms with Crippen LogP contribution in [0.2, 0.25) is 5.15 Å². The van der Waals surface area contributed by atoms with Crippen molar-refractivity contribution in [2.45, 2.75) is 18.8 Å². The molecule has 0 radical (unpaired) electrons. The Balaban J connectivity index is 2.10. The Hall–Kier alpha value is -1.37. The van der Waals surface area contributed by atoms with Gasteiger partial charge in [-0.15, -0.1) is 0 Å². The van der Waals surface area contributed by atoms with Crippen molar-refractivity contribution < 1.29 is 13.5 Å². The summed E-state index contributed by atoms with van der Waals surface area (Å²) in [7, 11) is -1.84. The van der Waals surface area contributed by atoms with E-state index in [1.54, 1.807) is 19.2 Å². The van der Waals surface area contributed by atoms with Crippen molar-refractivity contribution in [1.29, 1.82) is 0 Å². The van der Waals surface area contributed by atoms with Gasteiger partial charge in [0.1, 0.15) is 16.7 Å². The number of aryl methyl sites for hydroxylation is 1. The number of benzene rings is 1. The fourth-order valence-corrected chi connectivity index (χ4v) is 3.54. The van der Waals surface area contributed by atoms with Gasteiger partial charge in [-0.2, -0.15) is 0 Å². The van der Waals surface area contributed by atoms with Crippen LogP contribution in [0.3, 0.4) is 0 Å². The summed E-state index contributed by atoms with van der Waals surface area (Å²) in [5, 5.41) is 10.4. The number of sulfone groups is 1. The van der Waals surface area contributed by atoms with Gasteiger partial charge in [0.25, 0.3) is 0 Å². The summed E-state index contributed by atoms with van der Waals surface area (Å²) in [6, 6.07) is 7.13. The van der Waals surface area contributed by atoms with Crippen LogP contribution < -0.4 is 0 Å². The number of imidazole rings is 1. The molecule has 1 aromatic heterocycles. The van der Waals surface area contributed by atoms with E-state index >= 15 is 0 Å². The maximum absolute atomic E-state index is 12.2. The second-order valence-electron chi connectivity index (χ2n) is 5.04. The van der Waals surface area contributed by atoms with Crippen LogP contribution in [0.25, 0.3) is 0 Å². The first-order chi connectivity index (χ1) is 9.78. The highest BCUT2D eigenvalue weighted by atomic mass is 35.5. The SMILES string of the molecule is Cc1ccc(C(O)CS(=O)(=O)Cc2ncc(Cl)n2C)cc1. The smallest absolute Gasteiger partial charge is 0.160 e. The number of aromatic nitrogens is 2. The maximum Gasteiger partial charge on any atom is 0.160 e. The van der Waals surface area contributed by atoms with Crippen molar-refractivity contribution in [3.63, 3.8) is 0 Å². The summed E-state index contributed by atoms with van der Waals surface area (Å²) in [6.07, 6.45) is 0.356. The van der Waals surface area contributed by atoms with Gasteiger partial charge in [-0.3, -0.25) is 0 Å². The summed E-state index contributed by atoms with van der Waals surface area (Å²) >= 11 is 5.83. The van der Waals surface area contributed by atoms with E-state index in [4.69, 9.17) is 11.6 Å². The summed E-state index contributed by atoms with van der Waals surface area (Å²) < 4.78 is 25.8. The standard InChI is InChI=1S/C14H17ClN2O3S/c1-10-3-5-11(6-4-10)12(18)8-21(19,20)9-14-16-7-13(15)17(14)2/h3-7,12,18H,8-9H2,1-2H3. The van der Waals surface area contributed by atoms with Crippen molar-refractivity contribution in [3.05, 3.63) is 52.6 Å². The Bertz CT molecular complexity index is 723. The maximum atomic E-state index is 12.2. The van der Waals surface area contributed by atoms with E-state index in [0.717, 1.165) is 5.56 Å². The first-order valence-corrected chi connectivity index (χ1v) is 8.59. The molecule has 0 fully saturated rings. The average molecular weight is 329 g/mol. The van der Waals surface area contributed by atoms with Crippen molar-refractivity contribution in [1.82, 2.24) is 9.55 Å². The van der Waals surface area contributed by atoms with Crippen molar-refractivity contribution in [2.24, 2.45) is 7.05 Å². The molecule has 0 amide bonds. The van der Waals surface area contributed by atoms with Crippen LogP contribution in [0.5, 0.6) is 0 Å². The number of hydrogen-bond donors (Lipinski definition) is 1. The quantitative estimate of drug-likeness (QED) is 0.911. The van der Waals surface area contributed by atoms with E-state index in [1.807, 2.05) is 19.1 Å².